The highest BCUT2D eigenvalue weighted by Gasteiger charge is 2.21. The third-order valence-electron chi connectivity index (χ3n) is 2.70. The number of oxime groups is 1. The van der Waals surface area contributed by atoms with Crippen molar-refractivity contribution in [1.82, 2.24) is 4.90 Å². The number of rotatable bonds is 5. The minimum Gasteiger partial charge on any atom is -0.411 e. The van der Waals surface area contributed by atoms with Crippen LogP contribution in [0.5, 0.6) is 0 Å². The minimum absolute atomic E-state index is 0.0811. The summed E-state index contributed by atoms with van der Waals surface area (Å²) in [6, 6.07) is 0. The van der Waals surface area contributed by atoms with Crippen LogP contribution in [0.15, 0.2) is 5.16 Å². The molecule has 0 spiro atoms. The van der Waals surface area contributed by atoms with Crippen molar-refractivity contribution in [2.24, 2.45) is 11.1 Å². The average Bonchev–Trinajstić information content (AvgIpc) is 2.25. The molecular weight excluding hydrogens is 196 g/mol. The van der Waals surface area contributed by atoms with Crippen LogP contribution in [0.4, 0.5) is 0 Å². The van der Waals surface area contributed by atoms with E-state index >= 15 is 0 Å². The third kappa shape index (κ3) is 4.15. The van der Waals surface area contributed by atoms with Crippen molar-refractivity contribution < 1.29 is 15.1 Å². The summed E-state index contributed by atoms with van der Waals surface area (Å²) in [6.07, 6.45) is 0.831. The second kappa shape index (κ2) is 6.76. The van der Waals surface area contributed by atoms with E-state index in [9.17, 15) is 0 Å². The summed E-state index contributed by atoms with van der Waals surface area (Å²) in [5, 5.41) is 20.5. The standard InChI is InChI=1S/C10H20N2O3/c1-9-8-12(3-2-10(9)11-14)4-6-15-7-5-13/h9,13-14H,2-8H2,1H3. The summed E-state index contributed by atoms with van der Waals surface area (Å²) in [5.74, 6) is 0.321. The maximum absolute atomic E-state index is 8.71. The number of aliphatic hydroxyl groups excluding tert-OH is 1. The van der Waals surface area contributed by atoms with Crippen LogP contribution in [-0.4, -0.2) is 60.4 Å². The van der Waals surface area contributed by atoms with Gasteiger partial charge in [-0.25, -0.2) is 0 Å². The molecule has 0 saturated carbocycles. The van der Waals surface area contributed by atoms with E-state index in [0.29, 0.717) is 19.1 Å². The Morgan fingerprint density at radius 2 is 2.33 bits per heavy atom. The van der Waals surface area contributed by atoms with E-state index in [-0.39, 0.29) is 6.61 Å². The molecule has 88 valence electrons. The van der Waals surface area contributed by atoms with Gasteiger partial charge in [-0.1, -0.05) is 12.1 Å². The summed E-state index contributed by atoms with van der Waals surface area (Å²) < 4.78 is 5.20. The molecule has 0 aromatic carbocycles. The molecule has 1 atom stereocenters. The third-order valence-corrected chi connectivity index (χ3v) is 2.70. The molecular formula is C10H20N2O3. The van der Waals surface area contributed by atoms with E-state index in [1.54, 1.807) is 0 Å². The van der Waals surface area contributed by atoms with Gasteiger partial charge in [0.1, 0.15) is 0 Å². The van der Waals surface area contributed by atoms with Crippen LogP contribution in [0.25, 0.3) is 0 Å². The van der Waals surface area contributed by atoms with Gasteiger partial charge in [0.15, 0.2) is 0 Å². The van der Waals surface area contributed by atoms with Gasteiger partial charge in [0.2, 0.25) is 0 Å². The molecule has 0 radical (unpaired) electrons. The van der Waals surface area contributed by atoms with Crippen LogP contribution < -0.4 is 0 Å². The molecule has 2 N–H and O–H groups in total. The quantitative estimate of drug-likeness (QED) is 0.390. The predicted molar refractivity (Wildman–Crippen MR) is 57.3 cm³/mol. The molecule has 1 heterocycles. The van der Waals surface area contributed by atoms with Crippen LogP contribution in [0.1, 0.15) is 13.3 Å². The molecule has 1 aliphatic heterocycles. The number of aliphatic hydroxyl groups is 1. The van der Waals surface area contributed by atoms with Crippen molar-refractivity contribution in [3.8, 4) is 0 Å². The molecule has 1 rings (SSSR count). The Kier molecular flexibility index (Phi) is 5.60. The minimum atomic E-state index is 0.0811. The Hall–Kier alpha value is -0.650. The van der Waals surface area contributed by atoms with Crippen molar-refractivity contribution in [1.29, 1.82) is 0 Å². The molecule has 0 aromatic heterocycles. The summed E-state index contributed by atoms with van der Waals surface area (Å²) >= 11 is 0. The predicted octanol–water partition coefficient (Wildman–Crippen LogP) is 0.167. The zero-order valence-corrected chi connectivity index (χ0v) is 9.22. The molecule has 0 aliphatic carbocycles. The Morgan fingerprint density at radius 3 is 2.93 bits per heavy atom. The summed E-state index contributed by atoms with van der Waals surface area (Å²) in [6.45, 7) is 5.93. The zero-order valence-electron chi connectivity index (χ0n) is 9.22. The number of hydrogen-bond acceptors (Lipinski definition) is 5. The van der Waals surface area contributed by atoms with Crippen LogP contribution in [0.2, 0.25) is 0 Å². The highest BCUT2D eigenvalue weighted by Crippen LogP contribution is 2.13. The average molecular weight is 216 g/mol. The number of likely N-dealkylation sites (tertiary alicyclic amines) is 1. The van der Waals surface area contributed by atoms with E-state index in [4.69, 9.17) is 15.1 Å². The van der Waals surface area contributed by atoms with Gasteiger partial charge in [-0.15, -0.1) is 0 Å². The second-order valence-electron chi connectivity index (χ2n) is 3.88. The zero-order chi connectivity index (χ0) is 11.1. The Labute approximate surface area is 90.3 Å². The van der Waals surface area contributed by atoms with E-state index in [2.05, 4.69) is 17.0 Å². The first-order valence-electron chi connectivity index (χ1n) is 5.39. The first-order valence-corrected chi connectivity index (χ1v) is 5.39. The molecule has 5 nitrogen and oxygen atoms in total. The number of piperidine rings is 1. The van der Waals surface area contributed by atoms with Crippen molar-refractivity contribution >= 4 is 5.71 Å². The van der Waals surface area contributed by atoms with Crippen molar-refractivity contribution in [2.45, 2.75) is 13.3 Å². The van der Waals surface area contributed by atoms with Crippen molar-refractivity contribution in [3.05, 3.63) is 0 Å². The first-order chi connectivity index (χ1) is 7.27. The lowest BCUT2D eigenvalue weighted by atomic mass is 9.98. The van der Waals surface area contributed by atoms with Gasteiger partial charge in [0.25, 0.3) is 0 Å². The first kappa shape index (κ1) is 12.4. The number of nitrogens with zero attached hydrogens (tertiary/aromatic N) is 2. The topological polar surface area (TPSA) is 65.3 Å². The van der Waals surface area contributed by atoms with E-state index in [1.807, 2.05) is 0 Å². The van der Waals surface area contributed by atoms with Gasteiger partial charge in [-0.05, 0) is 0 Å². The van der Waals surface area contributed by atoms with Crippen LogP contribution in [0, 0.1) is 5.92 Å². The summed E-state index contributed by atoms with van der Waals surface area (Å²) in [7, 11) is 0. The normalized spacial score (nSPS) is 26.0. The molecule has 1 saturated heterocycles. The molecule has 1 unspecified atom stereocenters. The molecule has 5 heteroatoms. The molecule has 0 amide bonds. The highest BCUT2D eigenvalue weighted by atomic mass is 16.5. The SMILES string of the molecule is CC1CN(CCOCCO)CCC1=NO. The van der Waals surface area contributed by atoms with Gasteiger partial charge < -0.3 is 20.0 Å². The van der Waals surface area contributed by atoms with Gasteiger partial charge in [-0.2, -0.15) is 0 Å². The van der Waals surface area contributed by atoms with Gasteiger partial charge in [0.05, 0.1) is 25.5 Å². The lowest BCUT2D eigenvalue weighted by Crippen LogP contribution is -2.41. The maximum Gasteiger partial charge on any atom is 0.0698 e. The highest BCUT2D eigenvalue weighted by molar-refractivity contribution is 5.86. The summed E-state index contributed by atoms with van der Waals surface area (Å²) in [4.78, 5) is 2.29. The van der Waals surface area contributed by atoms with Gasteiger partial charge in [-0.3, -0.25) is 0 Å². The fraction of sp³-hybridized carbons (Fsp3) is 0.900. The van der Waals surface area contributed by atoms with Crippen LogP contribution in [-0.2, 0) is 4.74 Å². The lowest BCUT2D eigenvalue weighted by Gasteiger charge is -2.31. The fourth-order valence-electron chi connectivity index (χ4n) is 1.81. The Balaban J connectivity index is 2.17. The maximum atomic E-state index is 8.71. The molecule has 1 fully saturated rings. The molecule has 1 aliphatic rings. The van der Waals surface area contributed by atoms with Crippen molar-refractivity contribution in [2.75, 3.05) is 39.5 Å². The smallest absolute Gasteiger partial charge is 0.0698 e. The van der Waals surface area contributed by atoms with E-state index in [0.717, 1.165) is 31.8 Å². The van der Waals surface area contributed by atoms with E-state index < -0.39 is 0 Å². The largest absolute Gasteiger partial charge is 0.411 e. The van der Waals surface area contributed by atoms with Crippen molar-refractivity contribution in [3.63, 3.8) is 0 Å². The Morgan fingerprint density at radius 1 is 1.53 bits per heavy atom. The van der Waals surface area contributed by atoms with Crippen LogP contribution in [0.3, 0.4) is 0 Å². The van der Waals surface area contributed by atoms with Gasteiger partial charge >= 0.3 is 0 Å². The Bertz CT molecular complexity index is 209. The van der Waals surface area contributed by atoms with E-state index in [1.165, 1.54) is 0 Å². The second-order valence-corrected chi connectivity index (χ2v) is 3.88. The molecule has 15 heavy (non-hydrogen) atoms. The number of ether oxygens (including phenoxy) is 1. The number of hydrogen-bond donors (Lipinski definition) is 2. The fourth-order valence-corrected chi connectivity index (χ4v) is 1.81. The molecule has 0 bridgehead atoms. The van der Waals surface area contributed by atoms with Gasteiger partial charge in [0, 0.05) is 32.0 Å². The van der Waals surface area contributed by atoms with Crippen LogP contribution >= 0.6 is 0 Å². The lowest BCUT2D eigenvalue weighted by molar-refractivity contribution is 0.0708. The monoisotopic (exact) mass is 216 g/mol. The molecule has 0 aromatic rings. The summed E-state index contributed by atoms with van der Waals surface area (Å²) in [5.41, 5.74) is 0.891.